The molecule has 0 spiro atoms. The molecule has 2 aromatic heterocycles. The number of benzene rings is 1. The van der Waals surface area contributed by atoms with E-state index in [1.165, 1.54) is 4.88 Å². The number of nitrogens with zero attached hydrogens (tertiary/aromatic N) is 3. The van der Waals surface area contributed by atoms with Gasteiger partial charge in [0.15, 0.2) is 11.5 Å². The number of piperidine rings is 1. The first-order valence-corrected chi connectivity index (χ1v) is 10.8. The predicted octanol–water partition coefficient (Wildman–Crippen LogP) is 4.51. The van der Waals surface area contributed by atoms with E-state index >= 15 is 0 Å². The zero-order chi connectivity index (χ0) is 21.1. The largest absolute Gasteiger partial charge is 0.493 e. The minimum Gasteiger partial charge on any atom is -0.493 e. The summed E-state index contributed by atoms with van der Waals surface area (Å²) in [5.74, 6) is 3.71. The summed E-state index contributed by atoms with van der Waals surface area (Å²) in [4.78, 5) is 4.69. The predicted molar refractivity (Wildman–Crippen MR) is 116 cm³/mol. The van der Waals surface area contributed by atoms with Gasteiger partial charge in [-0.3, -0.25) is 4.90 Å². The van der Waals surface area contributed by atoms with E-state index in [4.69, 9.17) is 18.6 Å². The third-order valence-corrected chi connectivity index (χ3v) is 6.50. The van der Waals surface area contributed by atoms with Crippen LogP contribution in [0.1, 0.15) is 35.1 Å². The molecule has 160 valence electrons. The first kappa shape index (κ1) is 20.7. The zero-order valence-corrected chi connectivity index (χ0v) is 18.6. The molecular formula is C22H27N3O4S. The monoisotopic (exact) mass is 429 g/mol. The van der Waals surface area contributed by atoms with Gasteiger partial charge in [-0.2, -0.15) is 0 Å². The number of aryl methyl sites for hydroxylation is 1. The van der Waals surface area contributed by atoms with Crippen LogP contribution in [0.15, 0.2) is 28.7 Å². The molecule has 0 aliphatic carbocycles. The molecule has 0 radical (unpaired) electrons. The third kappa shape index (κ3) is 4.15. The van der Waals surface area contributed by atoms with Crippen molar-refractivity contribution in [3.05, 3.63) is 40.6 Å². The van der Waals surface area contributed by atoms with Gasteiger partial charge in [-0.1, -0.05) is 6.07 Å². The molecule has 0 bridgehead atoms. The Kier molecular flexibility index (Phi) is 6.24. The van der Waals surface area contributed by atoms with E-state index in [0.717, 1.165) is 54.6 Å². The molecule has 1 aromatic carbocycles. The molecule has 0 atom stereocenters. The Bertz CT molecular complexity index is 992. The Labute approximate surface area is 180 Å². The summed E-state index contributed by atoms with van der Waals surface area (Å²) < 4.78 is 22.5. The van der Waals surface area contributed by atoms with Gasteiger partial charge in [-0.15, -0.1) is 21.5 Å². The molecule has 30 heavy (non-hydrogen) atoms. The van der Waals surface area contributed by atoms with Gasteiger partial charge >= 0.3 is 0 Å². The smallest absolute Gasteiger partial charge is 0.257 e. The lowest BCUT2D eigenvalue weighted by Gasteiger charge is -2.31. The fourth-order valence-corrected chi connectivity index (χ4v) is 4.70. The van der Waals surface area contributed by atoms with Gasteiger partial charge in [0, 0.05) is 22.9 Å². The minimum atomic E-state index is 0.302. The van der Waals surface area contributed by atoms with Gasteiger partial charge in [0.05, 0.1) is 26.2 Å². The van der Waals surface area contributed by atoms with Gasteiger partial charge in [0.25, 0.3) is 5.89 Å². The average molecular weight is 430 g/mol. The van der Waals surface area contributed by atoms with Crippen molar-refractivity contribution in [2.45, 2.75) is 32.2 Å². The summed E-state index contributed by atoms with van der Waals surface area (Å²) in [7, 11) is 4.92. The summed E-state index contributed by atoms with van der Waals surface area (Å²) in [6.07, 6.45) is 1.97. The highest BCUT2D eigenvalue weighted by Crippen LogP contribution is 2.40. The molecular weight excluding hydrogens is 402 g/mol. The number of hydrogen-bond donors (Lipinski definition) is 0. The van der Waals surface area contributed by atoms with Crippen LogP contribution in [0, 0.1) is 6.92 Å². The molecule has 3 aromatic rings. The van der Waals surface area contributed by atoms with E-state index in [9.17, 15) is 0 Å². The second-order valence-corrected chi connectivity index (χ2v) is 8.69. The molecule has 0 saturated carbocycles. The average Bonchev–Trinajstić information content (AvgIpc) is 3.43. The van der Waals surface area contributed by atoms with E-state index in [0.29, 0.717) is 23.3 Å². The van der Waals surface area contributed by atoms with E-state index in [-0.39, 0.29) is 0 Å². The molecule has 1 aliphatic rings. The van der Waals surface area contributed by atoms with E-state index in [1.54, 1.807) is 32.7 Å². The molecule has 0 amide bonds. The third-order valence-electron chi connectivity index (χ3n) is 5.51. The molecule has 8 heteroatoms. The van der Waals surface area contributed by atoms with Crippen LogP contribution in [0.2, 0.25) is 0 Å². The van der Waals surface area contributed by atoms with E-state index in [2.05, 4.69) is 28.1 Å². The molecule has 4 rings (SSSR count). The van der Waals surface area contributed by atoms with Crippen LogP contribution in [-0.4, -0.2) is 49.5 Å². The van der Waals surface area contributed by atoms with Gasteiger partial charge < -0.3 is 18.6 Å². The van der Waals surface area contributed by atoms with Crippen molar-refractivity contribution in [3.63, 3.8) is 0 Å². The molecule has 3 heterocycles. The van der Waals surface area contributed by atoms with Gasteiger partial charge in [-0.25, -0.2) is 0 Å². The summed E-state index contributed by atoms with van der Waals surface area (Å²) in [6.45, 7) is 4.78. The molecule has 7 nitrogen and oxygen atoms in total. The summed E-state index contributed by atoms with van der Waals surface area (Å²) in [5.41, 5.74) is 1.08. The first-order valence-electron chi connectivity index (χ1n) is 10.0. The standard InChI is InChI=1S/C22H27N3O4S/c1-14-5-8-18(30-14)22-24-23-21(29-22)15-9-11-25(12-10-15)13-16-6-7-17(26-2)20(28-4)19(16)27-3/h5-8,15H,9-13H2,1-4H3. The van der Waals surface area contributed by atoms with Crippen LogP contribution in [0.5, 0.6) is 17.2 Å². The first-order chi connectivity index (χ1) is 14.6. The zero-order valence-electron chi connectivity index (χ0n) is 17.8. The molecule has 0 unspecified atom stereocenters. The lowest BCUT2D eigenvalue weighted by molar-refractivity contribution is 0.190. The highest BCUT2D eigenvalue weighted by molar-refractivity contribution is 7.15. The van der Waals surface area contributed by atoms with Gasteiger partial charge in [-0.05, 0) is 51.1 Å². The molecule has 1 aliphatic heterocycles. The quantitative estimate of drug-likeness (QED) is 0.547. The number of ether oxygens (including phenoxy) is 3. The number of likely N-dealkylation sites (tertiary alicyclic amines) is 1. The Morgan fingerprint density at radius 3 is 2.40 bits per heavy atom. The van der Waals surface area contributed by atoms with Crippen LogP contribution >= 0.6 is 11.3 Å². The van der Waals surface area contributed by atoms with Gasteiger partial charge in [0.1, 0.15) is 0 Å². The van der Waals surface area contributed by atoms with Crippen molar-refractivity contribution in [3.8, 4) is 28.0 Å². The summed E-state index contributed by atoms with van der Waals surface area (Å²) in [6, 6.07) is 8.08. The van der Waals surface area contributed by atoms with Crippen molar-refractivity contribution in [2.75, 3.05) is 34.4 Å². The Balaban J connectivity index is 1.40. The van der Waals surface area contributed by atoms with E-state index < -0.39 is 0 Å². The highest BCUT2D eigenvalue weighted by atomic mass is 32.1. The fraction of sp³-hybridized carbons (Fsp3) is 0.455. The minimum absolute atomic E-state index is 0.302. The highest BCUT2D eigenvalue weighted by Gasteiger charge is 2.27. The molecule has 1 fully saturated rings. The van der Waals surface area contributed by atoms with Crippen LogP contribution in [0.25, 0.3) is 10.8 Å². The van der Waals surface area contributed by atoms with Crippen molar-refractivity contribution in [2.24, 2.45) is 0 Å². The normalized spacial score (nSPS) is 15.3. The van der Waals surface area contributed by atoms with Crippen LogP contribution in [-0.2, 0) is 6.54 Å². The fourth-order valence-electron chi connectivity index (χ4n) is 3.92. The lowest BCUT2D eigenvalue weighted by atomic mass is 9.96. The Morgan fingerprint density at radius 1 is 1.00 bits per heavy atom. The maximum Gasteiger partial charge on any atom is 0.257 e. The number of aromatic nitrogens is 2. The van der Waals surface area contributed by atoms with Crippen LogP contribution < -0.4 is 14.2 Å². The van der Waals surface area contributed by atoms with Crippen molar-refractivity contribution in [1.29, 1.82) is 0 Å². The summed E-state index contributed by atoms with van der Waals surface area (Å²) in [5, 5.41) is 8.58. The Morgan fingerprint density at radius 2 is 1.77 bits per heavy atom. The van der Waals surface area contributed by atoms with Crippen molar-refractivity contribution < 1.29 is 18.6 Å². The second kappa shape index (κ2) is 9.06. The lowest BCUT2D eigenvalue weighted by Crippen LogP contribution is -2.32. The van der Waals surface area contributed by atoms with Gasteiger partial charge in [0.2, 0.25) is 11.6 Å². The van der Waals surface area contributed by atoms with E-state index in [1.807, 2.05) is 18.2 Å². The maximum atomic E-state index is 5.99. The number of thiophene rings is 1. The summed E-state index contributed by atoms with van der Waals surface area (Å²) >= 11 is 1.68. The van der Waals surface area contributed by atoms with Crippen molar-refractivity contribution in [1.82, 2.24) is 15.1 Å². The second-order valence-electron chi connectivity index (χ2n) is 7.40. The van der Waals surface area contributed by atoms with Crippen LogP contribution in [0.3, 0.4) is 0 Å². The number of rotatable bonds is 7. The van der Waals surface area contributed by atoms with Crippen molar-refractivity contribution >= 4 is 11.3 Å². The number of methoxy groups -OCH3 is 3. The maximum absolute atomic E-state index is 5.99. The van der Waals surface area contributed by atoms with Crippen LogP contribution in [0.4, 0.5) is 0 Å². The number of hydrogen-bond acceptors (Lipinski definition) is 8. The molecule has 0 N–H and O–H groups in total. The topological polar surface area (TPSA) is 69.9 Å². The molecule has 1 saturated heterocycles. The SMILES string of the molecule is COc1ccc(CN2CCC(c3nnc(-c4ccc(C)s4)o3)CC2)c(OC)c1OC. The Hall–Kier alpha value is -2.58.